The Morgan fingerprint density at radius 1 is 1.47 bits per heavy atom. The van der Waals surface area contributed by atoms with Gasteiger partial charge in [0.2, 0.25) is 0 Å². The van der Waals surface area contributed by atoms with Gasteiger partial charge in [-0.25, -0.2) is 4.98 Å². The second-order valence-corrected chi connectivity index (χ2v) is 5.24. The number of nitrogen functional groups attached to an aromatic ring is 1. The van der Waals surface area contributed by atoms with E-state index in [-0.39, 0.29) is 11.1 Å². The van der Waals surface area contributed by atoms with Crippen LogP contribution in [0.25, 0.3) is 0 Å². The van der Waals surface area contributed by atoms with Gasteiger partial charge in [0.25, 0.3) is 5.91 Å². The fraction of sp³-hybridized carbons (Fsp3) is 0.0769. The first-order chi connectivity index (χ1) is 8.99. The first kappa shape index (κ1) is 13.8. The molecule has 0 radical (unpaired) electrons. The number of benzene rings is 1. The Morgan fingerprint density at radius 3 is 2.95 bits per heavy atom. The van der Waals surface area contributed by atoms with Crippen LogP contribution in [0.1, 0.15) is 15.9 Å². The lowest BCUT2D eigenvalue weighted by Crippen LogP contribution is -2.14. The van der Waals surface area contributed by atoms with Crippen LogP contribution in [-0.2, 0) is 0 Å². The molecule has 98 valence electrons. The number of nitrogens with zero attached hydrogens (tertiary/aromatic N) is 1. The first-order valence-electron chi connectivity index (χ1n) is 5.46. The number of nitrogens with two attached hydrogens (primary N) is 1. The number of hydrogen-bond acceptors (Lipinski definition) is 3. The van der Waals surface area contributed by atoms with Gasteiger partial charge in [-0.1, -0.05) is 17.7 Å². The van der Waals surface area contributed by atoms with Crippen molar-refractivity contribution in [2.24, 2.45) is 0 Å². The number of rotatable bonds is 2. The largest absolute Gasteiger partial charge is 0.398 e. The highest BCUT2D eigenvalue weighted by Gasteiger charge is 2.13. The van der Waals surface area contributed by atoms with E-state index in [1.54, 1.807) is 37.4 Å². The van der Waals surface area contributed by atoms with Crippen LogP contribution in [0.2, 0.25) is 5.15 Å². The summed E-state index contributed by atoms with van der Waals surface area (Å²) in [6.07, 6.45) is 1.56. The van der Waals surface area contributed by atoms with E-state index in [4.69, 9.17) is 17.3 Å². The molecule has 2 aromatic rings. The minimum atomic E-state index is -0.272. The lowest BCUT2D eigenvalue weighted by molar-refractivity contribution is 0.102. The van der Waals surface area contributed by atoms with Crippen molar-refractivity contribution < 1.29 is 4.79 Å². The van der Waals surface area contributed by atoms with Crippen molar-refractivity contribution in [2.75, 3.05) is 11.1 Å². The number of nitrogens with one attached hydrogen (secondary N) is 1. The maximum Gasteiger partial charge on any atom is 0.256 e. The van der Waals surface area contributed by atoms with Crippen LogP contribution in [0.15, 0.2) is 34.9 Å². The number of pyridine rings is 1. The van der Waals surface area contributed by atoms with Crippen LogP contribution >= 0.6 is 27.5 Å². The predicted molar refractivity (Wildman–Crippen MR) is 80.5 cm³/mol. The monoisotopic (exact) mass is 339 g/mol. The Morgan fingerprint density at radius 2 is 2.21 bits per heavy atom. The Kier molecular flexibility index (Phi) is 4.07. The van der Waals surface area contributed by atoms with Crippen molar-refractivity contribution in [3.63, 3.8) is 0 Å². The fourth-order valence-corrected chi connectivity index (χ4v) is 2.08. The molecule has 0 aliphatic carbocycles. The molecule has 4 nitrogen and oxygen atoms in total. The predicted octanol–water partition coefficient (Wildman–Crippen LogP) is 3.64. The van der Waals surface area contributed by atoms with Crippen molar-refractivity contribution in [1.82, 2.24) is 4.98 Å². The van der Waals surface area contributed by atoms with E-state index < -0.39 is 0 Å². The number of amides is 1. The quantitative estimate of drug-likeness (QED) is 0.648. The number of halogens is 2. The fourth-order valence-electron chi connectivity index (χ4n) is 1.60. The molecule has 1 amide bonds. The summed E-state index contributed by atoms with van der Waals surface area (Å²) in [4.78, 5) is 16.1. The number of aromatic nitrogens is 1. The summed E-state index contributed by atoms with van der Waals surface area (Å²) < 4.78 is 0.733. The molecule has 0 spiro atoms. The van der Waals surface area contributed by atoms with Gasteiger partial charge >= 0.3 is 0 Å². The van der Waals surface area contributed by atoms with E-state index in [1.807, 2.05) is 0 Å². The van der Waals surface area contributed by atoms with Crippen LogP contribution in [0, 0.1) is 6.92 Å². The Hall–Kier alpha value is -1.59. The molecule has 6 heteroatoms. The highest BCUT2D eigenvalue weighted by atomic mass is 79.9. The van der Waals surface area contributed by atoms with Crippen LogP contribution < -0.4 is 11.1 Å². The zero-order valence-corrected chi connectivity index (χ0v) is 12.4. The molecule has 0 fully saturated rings. The molecule has 0 saturated heterocycles. The molecule has 2 rings (SSSR count). The van der Waals surface area contributed by atoms with Crippen molar-refractivity contribution in [3.05, 3.63) is 51.2 Å². The molecule has 0 bridgehead atoms. The van der Waals surface area contributed by atoms with Crippen LogP contribution in [0.4, 0.5) is 11.4 Å². The van der Waals surface area contributed by atoms with Gasteiger partial charge in [-0.3, -0.25) is 4.79 Å². The molecule has 0 aliphatic heterocycles. The summed E-state index contributed by atoms with van der Waals surface area (Å²) in [7, 11) is 0. The highest BCUT2D eigenvalue weighted by Crippen LogP contribution is 2.24. The zero-order chi connectivity index (χ0) is 14.0. The lowest BCUT2D eigenvalue weighted by Gasteiger charge is -2.10. The molecule has 1 aromatic carbocycles. The van der Waals surface area contributed by atoms with Crippen LogP contribution in [0.5, 0.6) is 0 Å². The minimum absolute atomic E-state index is 0.234. The summed E-state index contributed by atoms with van der Waals surface area (Å²) in [6.45, 7) is 1.80. The van der Waals surface area contributed by atoms with E-state index in [2.05, 4.69) is 26.2 Å². The summed E-state index contributed by atoms with van der Waals surface area (Å²) in [5.74, 6) is -0.272. The van der Waals surface area contributed by atoms with E-state index in [0.29, 0.717) is 16.9 Å². The Labute approximate surface area is 124 Å². The Balaban J connectivity index is 2.31. The Bertz CT molecular complexity index is 646. The third-order valence-electron chi connectivity index (χ3n) is 2.67. The number of anilines is 2. The second kappa shape index (κ2) is 5.59. The second-order valence-electron chi connectivity index (χ2n) is 3.97. The number of carbonyl (C=O) groups is 1. The van der Waals surface area contributed by atoms with Gasteiger partial charge in [-0.05, 0) is 46.6 Å². The molecule has 1 aromatic heterocycles. The van der Waals surface area contributed by atoms with Crippen molar-refractivity contribution >= 4 is 44.8 Å². The number of carbonyl (C=O) groups excluding carboxylic acids is 1. The maximum atomic E-state index is 12.2. The summed E-state index contributed by atoms with van der Waals surface area (Å²) in [5, 5.41) is 2.95. The molecule has 0 aliphatic rings. The minimum Gasteiger partial charge on any atom is -0.398 e. The van der Waals surface area contributed by atoms with E-state index in [0.717, 1.165) is 10.0 Å². The SMILES string of the molecule is Cc1c(N)cccc1C(=O)Nc1cc(Br)cnc1Cl. The van der Waals surface area contributed by atoms with E-state index in [9.17, 15) is 4.79 Å². The smallest absolute Gasteiger partial charge is 0.256 e. The molecular formula is C13H11BrClN3O. The molecule has 0 unspecified atom stereocenters. The van der Waals surface area contributed by atoms with Crippen molar-refractivity contribution in [2.45, 2.75) is 6.92 Å². The molecular weight excluding hydrogens is 330 g/mol. The van der Waals surface area contributed by atoms with Gasteiger partial charge in [-0.2, -0.15) is 0 Å². The highest BCUT2D eigenvalue weighted by molar-refractivity contribution is 9.10. The van der Waals surface area contributed by atoms with Gasteiger partial charge in [-0.15, -0.1) is 0 Å². The standard InChI is InChI=1S/C13H11BrClN3O/c1-7-9(3-2-4-10(7)16)13(19)18-11-5-8(14)6-17-12(11)15/h2-6H,16H2,1H3,(H,18,19). The van der Waals surface area contributed by atoms with Gasteiger partial charge in [0, 0.05) is 21.9 Å². The average Bonchev–Trinajstić information content (AvgIpc) is 2.37. The van der Waals surface area contributed by atoms with Crippen molar-refractivity contribution in [3.8, 4) is 0 Å². The number of hydrogen-bond donors (Lipinski definition) is 2. The average molecular weight is 341 g/mol. The van der Waals surface area contributed by atoms with Crippen LogP contribution in [0.3, 0.4) is 0 Å². The van der Waals surface area contributed by atoms with E-state index >= 15 is 0 Å². The lowest BCUT2D eigenvalue weighted by atomic mass is 10.1. The van der Waals surface area contributed by atoms with Gasteiger partial charge < -0.3 is 11.1 Å². The van der Waals surface area contributed by atoms with Gasteiger partial charge in [0.05, 0.1) is 5.69 Å². The molecule has 3 N–H and O–H groups in total. The van der Waals surface area contributed by atoms with Crippen LogP contribution in [-0.4, -0.2) is 10.9 Å². The third-order valence-corrected chi connectivity index (χ3v) is 3.41. The summed E-state index contributed by atoms with van der Waals surface area (Å²) >= 11 is 9.20. The third kappa shape index (κ3) is 3.05. The first-order valence-corrected chi connectivity index (χ1v) is 6.63. The molecule has 1 heterocycles. The van der Waals surface area contributed by atoms with Gasteiger partial charge in [0.1, 0.15) is 0 Å². The summed E-state index contributed by atoms with van der Waals surface area (Å²) in [6, 6.07) is 6.88. The molecule has 19 heavy (non-hydrogen) atoms. The zero-order valence-electron chi connectivity index (χ0n) is 10.1. The summed E-state index contributed by atoms with van der Waals surface area (Å²) in [5.41, 5.74) is 8.05. The topological polar surface area (TPSA) is 68.0 Å². The van der Waals surface area contributed by atoms with Gasteiger partial charge in [0.15, 0.2) is 5.15 Å². The van der Waals surface area contributed by atoms with Crippen molar-refractivity contribution in [1.29, 1.82) is 0 Å². The molecule has 0 saturated carbocycles. The maximum absolute atomic E-state index is 12.2. The van der Waals surface area contributed by atoms with E-state index in [1.165, 1.54) is 0 Å². The normalized spacial score (nSPS) is 10.3. The molecule has 0 atom stereocenters.